The van der Waals surface area contributed by atoms with Crippen molar-refractivity contribution in [2.45, 2.75) is 13.0 Å². The number of benzene rings is 2. The molecular formula is C15H18N2O2. The van der Waals surface area contributed by atoms with E-state index >= 15 is 0 Å². The molecule has 0 aliphatic rings. The minimum Gasteiger partial charge on any atom is -0.497 e. The number of ether oxygens (including phenoxy) is 1. The van der Waals surface area contributed by atoms with Crippen molar-refractivity contribution in [3.8, 4) is 5.75 Å². The molecule has 4 heteroatoms. The van der Waals surface area contributed by atoms with Crippen molar-refractivity contribution in [2.24, 2.45) is 5.73 Å². The fourth-order valence-electron chi connectivity index (χ4n) is 1.98. The minimum atomic E-state index is -0.503. The van der Waals surface area contributed by atoms with Crippen molar-refractivity contribution in [1.29, 1.82) is 0 Å². The minimum absolute atomic E-state index is 0.104. The Hall–Kier alpha value is -2.07. The first kappa shape index (κ1) is 13.4. The highest BCUT2D eigenvalue weighted by atomic mass is 16.5. The standard InChI is InChI=1S/C15H18N2O2/c1-10(16)15(18)17(2)13-6-4-12-9-14(19-3)7-5-11(12)8-13/h4-10H,16H2,1-3H3. The topological polar surface area (TPSA) is 55.6 Å². The first-order valence-corrected chi connectivity index (χ1v) is 6.14. The highest BCUT2D eigenvalue weighted by Crippen LogP contribution is 2.25. The Bertz CT molecular complexity index is 608. The smallest absolute Gasteiger partial charge is 0.243 e. The lowest BCUT2D eigenvalue weighted by atomic mass is 10.1. The second kappa shape index (κ2) is 5.28. The number of methoxy groups -OCH3 is 1. The Morgan fingerprint density at radius 3 is 2.47 bits per heavy atom. The third-order valence-electron chi connectivity index (χ3n) is 3.14. The van der Waals surface area contributed by atoms with Crippen LogP contribution in [-0.2, 0) is 4.79 Å². The molecule has 2 aromatic carbocycles. The van der Waals surface area contributed by atoms with E-state index in [2.05, 4.69) is 0 Å². The maximum atomic E-state index is 11.9. The molecule has 0 saturated carbocycles. The molecule has 1 atom stereocenters. The van der Waals surface area contributed by atoms with E-state index in [1.165, 1.54) is 0 Å². The van der Waals surface area contributed by atoms with E-state index in [0.717, 1.165) is 22.2 Å². The molecule has 1 unspecified atom stereocenters. The number of amides is 1. The van der Waals surface area contributed by atoms with E-state index in [1.54, 1.807) is 26.0 Å². The number of hydrogen-bond acceptors (Lipinski definition) is 3. The average molecular weight is 258 g/mol. The lowest BCUT2D eigenvalue weighted by molar-refractivity contribution is -0.119. The number of hydrogen-bond donors (Lipinski definition) is 1. The lowest BCUT2D eigenvalue weighted by Crippen LogP contribution is -2.39. The molecule has 0 aromatic heterocycles. The number of carbonyl (C=O) groups excluding carboxylic acids is 1. The number of fused-ring (bicyclic) bond motifs is 1. The van der Waals surface area contributed by atoms with Crippen LogP contribution >= 0.6 is 0 Å². The van der Waals surface area contributed by atoms with Gasteiger partial charge >= 0.3 is 0 Å². The highest BCUT2D eigenvalue weighted by molar-refractivity contribution is 5.98. The zero-order valence-electron chi connectivity index (χ0n) is 11.4. The van der Waals surface area contributed by atoms with Gasteiger partial charge in [0.05, 0.1) is 13.2 Å². The molecule has 100 valence electrons. The van der Waals surface area contributed by atoms with Gasteiger partial charge in [-0.2, -0.15) is 0 Å². The second-order valence-corrected chi connectivity index (χ2v) is 4.58. The molecular weight excluding hydrogens is 240 g/mol. The number of rotatable bonds is 3. The van der Waals surface area contributed by atoms with Crippen LogP contribution in [0.25, 0.3) is 10.8 Å². The maximum Gasteiger partial charge on any atom is 0.243 e. The first-order valence-electron chi connectivity index (χ1n) is 6.14. The Balaban J connectivity index is 2.39. The van der Waals surface area contributed by atoms with Gasteiger partial charge in [0, 0.05) is 12.7 Å². The summed E-state index contributed by atoms with van der Waals surface area (Å²) in [4.78, 5) is 13.4. The first-order chi connectivity index (χ1) is 9.02. The summed E-state index contributed by atoms with van der Waals surface area (Å²) in [6.07, 6.45) is 0. The summed E-state index contributed by atoms with van der Waals surface area (Å²) in [6.45, 7) is 1.69. The number of carbonyl (C=O) groups is 1. The molecule has 0 spiro atoms. The molecule has 0 radical (unpaired) electrons. The van der Waals surface area contributed by atoms with Gasteiger partial charge in [0.25, 0.3) is 0 Å². The van der Waals surface area contributed by atoms with Gasteiger partial charge in [-0.05, 0) is 42.0 Å². The van der Waals surface area contributed by atoms with E-state index in [4.69, 9.17) is 10.5 Å². The van der Waals surface area contributed by atoms with Gasteiger partial charge < -0.3 is 15.4 Å². The number of likely N-dealkylation sites (N-methyl/N-ethyl adjacent to an activating group) is 1. The van der Waals surface area contributed by atoms with Crippen LogP contribution < -0.4 is 15.4 Å². The summed E-state index contributed by atoms with van der Waals surface area (Å²) < 4.78 is 5.19. The molecule has 2 rings (SSSR count). The van der Waals surface area contributed by atoms with Crippen molar-refractivity contribution >= 4 is 22.4 Å². The van der Waals surface area contributed by atoms with Crippen molar-refractivity contribution < 1.29 is 9.53 Å². The lowest BCUT2D eigenvalue weighted by Gasteiger charge is -2.20. The number of nitrogens with two attached hydrogens (primary N) is 1. The average Bonchev–Trinajstić information content (AvgIpc) is 2.44. The van der Waals surface area contributed by atoms with Crippen LogP contribution in [0.5, 0.6) is 5.75 Å². The number of nitrogens with zero attached hydrogens (tertiary/aromatic N) is 1. The highest BCUT2D eigenvalue weighted by Gasteiger charge is 2.15. The van der Waals surface area contributed by atoms with E-state index < -0.39 is 6.04 Å². The van der Waals surface area contributed by atoms with E-state index in [9.17, 15) is 4.79 Å². The molecule has 0 saturated heterocycles. The van der Waals surface area contributed by atoms with Gasteiger partial charge in [-0.1, -0.05) is 12.1 Å². The Kier molecular flexibility index (Phi) is 3.71. The fourth-order valence-corrected chi connectivity index (χ4v) is 1.98. The molecule has 1 amide bonds. The Morgan fingerprint density at radius 1 is 1.21 bits per heavy atom. The molecule has 0 fully saturated rings. The predicted octanol–water partition coefficient (Wildman–Crippen LogP) is 2.16. The fraction of sp³-hybridized carbons (Fsp3) is 0.267. The summed E-state index contributed by atoms with van der Waals surface area (Å²) in [6, 6.07) is 11.2. The summed E-state index contributed by atoms with van der Waals surface area (Å²) in [5.74, 6) is 0.716. The van der Waals surface area contributed by atoms with Crippen LogP contribution in [0.15, 0.2) is 36.4 Å². The molecule has 2 N–H and O–H groups in total. The largest absolute Gasteiger partial charge is 0.497 e. The Labute approximate surface area is 112 Å². The third-order valence-corrected chi connectivity index (χ3v) is 3.14. The molecule has 0 bridgehead atoms. The monoisotopic (exact) mass is 258 g/mol. The van der Waals surface area contributed by atoms with E-state index in [1.807, 2.05) is 36.4 Å². The summed E-state index contributed by atoms with van der Waals surface area (Å²) >= 11 is 0. The van der Waals surface area contributed by atoms with Crippen LogP contribution in [0.2, 0.25) is 0 Å². The van der Waals surface area contributed by atoms with Gasteiger partial charge in [-0.25, -0.2) is 0 Å². The van der Waals surface area contributed by atoms with Crippen LogP contribution in [0.3, 0.4) is 0 Å². The molecule has 0 heterocycles. The molecule has 19 heavy (non-hydrogen) atoms. The van der Waals surface area contributed by atoms with Gasteiger partial charge in [-0.3, -0.25) is 4.79 Å². The maximum absolute atomic E-state index is 11.9. The second-order valence-electron chi connectivity index (χ2n) is 4.58. The van der Waals surface area contributed by atoms with Crippen molar-refractivity contribution in [3.63, 3.8) is 0 Å². The zero-order chi connectivity index (χ0) is 14.0. The molecule has 4 nitrogen and oxygen atoms in total. The third kappa shape index (κ3) is 2.69. The molecule has 0 aliphatic heterocycles. The zero-order valence-corrected chi connectivity index (χ0v) is 11.4. The van der Waals surface area contributed by atoms with Crippen molar-refractivity contribution in [1.82, 2.24) is 0 Å². The summed E-state index contributed by atoms with van der Waals surface area (Å²) in [5.41, 5.74) is 6.45. The van der Waals surface area contributed by atoms with Crippen LogP contribution in [0.4, 0.5) is 5.69 Å². The molecule has 2 aromatic rings. The van der Waals surface area contributed by atoms with Gasteiger partial charge in [0.2, 0.25) is 5.91 Å². The summed E-state index contributed by atoms with van der Waals surface area (Å²) in [7, 11) is 3.38. The van der Waals surface area contributed by atoms with Gasteiger partial charge in [-0.15, -0.1) is 0 Å². The predicted molar refractivity (Wildman–Crippen MR) is 77.6 cm³/mol. The van der Waals surface area contributed by atoms with E-state index in [0.29, 0.717) is 0 Å². The van der Waals surface area contributed by atoms with Gasteiger partial charge in [0.15, 0.2) is 0 Å². The van der Waals surface area contributed by atoms with Crippen LogP contribution in [0.1, 0.15) is 6.92 Å². The summed E-state index contributed by atoms with van der Waals surface area (Å²) in [5, 5.41) is 2.13. The quantitative estimate of drug-likeness (QED) is 0.917. The van der Waals surface area contributed by atoms with Crippen LogP contribution in [0, 0.1) is 0 Å². The van der Waals surface area contributed by atoms with Crippen molar-refractivity contribution in [3.05, 3.63) is 36.4 Å². The normalized spacial score (nSPS) is 12.2. The van der Waals surface area contributed by atoms with Gasteiger partial charge in [0.1, 0.15) is 5.75 Å². The molecule has 0 aliphatic carbocycles. The van der Waals surface area contributed by atoms with Crippen molar-refractivity contribution in [2.75, 3.05) is 19.1 Å². The Morgan fingerprint density at radius 2 is 1.84 bits per heavy atom. The SMILES string of the molecule is COc1ccc2cc(N(C)C(=O)C(C)N)ccc2c1. The van der Waals surface area contributed by atoms with Crippen LogP contribution in [-0.4, -0.2) is 26.1 Å². The number of anilines is 1. The van der Waals surface area contributed by atoms with E-state index in [-0.39, 0.29) is 5.91 Å².